The van der Waals surface area contributed by atoms with E-state index in [0.717, 1.165) is 13.0 Å². The number of carboxylic acids is 2. The fourth-order valence-electron chi connectivity index (χ4n) is 2.93. The zero-order chi connectivity index (χ0) is 22.1. The van der Waals surface area contributed by atoms with Crippen LogP contribution in [0.25, 0.3) is 0 Å². The van der Waals surface area contributed by atoms with Crippen LogP contribution in [0, 0.1) is 5.92 Å². The second-order valence-corrected chi connectivity index (χ2v) is 7.57. The van der Waals surface area contributed by atoms with Gasteiger partial charge in [0.25, 0.3) is 0 Å². The van der Waals surface area contributed by atoms with E-state index in [0.29, 0.717) is 6.42 Å². The molecule has 6 N–H and O–H groups in total. The summed E-state index contributed by atoms with van der Waals surface area (Å²) in [5.41, 5.74) is 0. The molecule has 0 aromatic rings. The lowest BCUT2D eigenvalue weighted by Gasteiger charge is -2.24. The number of rotatable bonds is 11. The molecule has 0 spiro atoms. The summed E-state index contributed by atoms with van der Waals surface area (Å²) in [5.74, 6) is -4.57. The summed E-state index contributed by atoms with van der Waals surface area (Å²) in [6.07, 6.45) is 0.973. The van der Waals surface area contributed by atoms with Crippen LogP contribution in [0.5, 0.6) is 0 Å². The molecule has 0 saturated carbocycles. The Kier molecular flexibility index (Phi) is 9.53. The van der Waals surface area contributed by atoms with E-state index in [1.54, 1.807) is 0 Å². The molecule has 1 aliphatic heterocycles. The molecule has 1 saturated heterocycles. The number of amides is 3. The van der Waals surface area contributed by atoms with Gasteiger partial charge in [-0.25, -0.2) is 4.79 Å². The van der Waals surface area contributed by atoms with Crippen molar-refractivity contribution in [1.29, 1.82) is 0 Å². The quantitative estimate of drug-likeness (QED) is 0.245. The van der Waals surface area contributed by atoms with Gasteiger partial charge in [0.05, 0.1) is 12.5 Å². The number of hydrogen-bond donors (Lipinski definition) is 6. The number of carbonyl (C=O) groups excluding carboxylic acids is 3. The average Bonchev–Trinajstić information content (AvgIpc) is 3.14. The second-order valence-electron chi connectivity index (χ2n) is 7.57. The number of nitrogens with one attached hydrogen (secondary N) is 4. The topological polar surface area (TPSA) is 174 Å². The molecule has 4 atom stereocenters. The summed E-state index contributed by atoms with van der Waals surface area (Å²) >= 11 is 0. The first kappa shape index (κ1) is 24.3. The van der Waals surface area contributed by atoms with Gasteiger partial charge in [0.1, 0.15) is 18.1 Å². The van der Waals surface area contributed by atoms with Crippen LogP contribution in [0.1, 0.15) is 46.5 Å². The van der Waals surface area contributed by atoms with Crippen molar-refractivity contribution in [3.8, 4) is 0 Å². The van der Waals surface area contributed by atoms with Crippen molar-refractivity contribution in [2.75, 3.05) is 6.54 Å². The summed E-state index contributed by atoms with van der Waals surface area (Å²) in [6.45, 7) is 5.85. The van der Waals surface area contributed by atoms with Gasteiger partial charge in [0.15, 0.2) is 0 Å². The van der Waals surface area contributed by atoms with Crippen LogP contribution < -0.4 is 21.3 Å². The Bertz CT molecular complexity index is 632. The molecule has 3 amide bonds. The Morgan fingerprint density at radius 1 is 0.966 bits per heavy atom. The van der Waals surface area contributed by atoms with E-state index >= 15 is 0 Å². The van der Waals surface area contributed by atoms with E-state index in [4.69, 9.17) is 10.2 Å². The zero-order valence-electron chi connectivity index (χ0n) is 16.9. The van der Waals surface area contributed by atoms with Crippen molar-refractivity contribution < 1.29 is 34.2 Å². The molecule has 11 heteroatoms. The van der Waals surface area contributed by atoms with Crippen molar-refractivity contribution in [3.63, 3.8) is 0 Å². The van der Waals surface area contributed by atoms with Gasteiger partial charge in [-0.1, -0.05) is 13.8 Å². The van der Waals surface area contributed by atoms with Crippen molar-refractivity contribution in [1.82, 2.24) is 21.3 Å². The van der Waals surface area contributed by atoms with Gasteiger partial charge >= 0.3 is 11.9 Å². The number of carboxylic acid groups (broad SMARTS) is 2. The van der Waals surface area contributed by atoms with Gasteiger partial charge in [0, 0.05) is 0 Å². The molecule has 4 unspecified atom stereocenters. The summed E-state index contributed by atoms with van der Waals surface area (Å²) in [6, 6.07) is -3.94. The Morgan fingerprint density at radius 2 is 1.59 bits per heavy atom. The van der Waals surface area contributed by atoms with Crippen LogP contribution in [0.15, 0.2) is 0 Å². The lowest BCUT2D eigenvalue weighted by atomic mass is 10.0. The molecule has 0 bridgehead atoms. The minimum atomic E-state index is -1.61. The fourth-order valence-corrected chi connectivity index (χ4v) is 2.93. The highest BCUT2D eigenvalue weighted by molar-refractivity contribution is 5.94. The standard InChI is InChI=1S/C18H30N4O7/c1-9(2)7-12(17(27)22-13(18(28)29)8-14(23)24)21-15(25)10(3)20-16(26)11-5-4-6-19-11/h9-13,19H,4-8H2,1-3H3,(H,20,26)(H,21,25)(H,22,27)(H,23,24)(H,28,29). The van der Waals surface area contributed by atoms with E-state index in [-0.39, 0.29) is 24.3 Å². The zero-order valence-corrected chi connectivity index (χ0v) is 16.9. The van der Waals surface area contributed by atoms with Crippen LogP contribution in [-0.4, -0.2) is 70.6 Å². The van der Waals surface area contributed by atoms with Gasteiger partial charge < -0.3 is 31.5 Å². The second kappa shape index (κ2) is 11.3. The van der Waals surface area contributed by atoms with Crippen molar-refractivity contribution in [2.24, 2.45) is 5.92 Å². The third-order valence-electron chi connectivity index (χ3n) is 4.46. The third kappa shape index (κ3) is 8.46. The Balaban J connectivity index is 2.73. The summed E-state index contributed by atoms with van der Waals surface area (Å²) in [7, 11) is 0. The van der Waals surface area contributed by atoms with Crippen molar-refractivity contribution >= 4 is 29.7 Å². The predicted octanol–water partition coefficient (Wildman–Crippen LogP) is -1.18. The van der Waals surface area contributed by atoms with Crippen LogP contribution in [-0.2, 0) is 24.0 Å². The average molecular weight is 414 g/mol. The van der Waals surface area contributed by atoms with Gasteiger partial charge in [0.2, 0.25) is 17.7 Å². The molecule has 11 nitrogen and oxygen atoms in total. The van der Waals surface area contributed by atoms with E-state index in [2.05, 4.69) is 21.3 Å². The third-order valence-corrected chi connectivity index (χ3v) is 4.46. The molecule has 0 aliphatic carbocycles. The van der Waals surface area contributed by atoms with Crippen LogP contribution in [0.2, 0.25) is 0 Å². The molecule has 0 radical (unpaired) electrons. The normalized spacial score (nSPS) is 19.1. The minimum absolute atomic E-state index is 0.0126. The molecular weight excluding hydrogens is 384 g/mol. The smallest absolute Gasteiger partial charge is 0.326 e. The Hall–Kier alpha value is -2.69. The van der Waals surface area contributed by atoms with Crippen LogP contribution >= 0.6 is 0 Å². The van der Waals surface area contributed by atoms with Crippen LogP contribution in [0.4, 0.5) is 0 Å². The summed E-state index contributed by atoms with van der Waals surface area (Å²) < 4.78 is 0. The predicted molar refractivity (Wildman–Crippen MR) is 102 cm³/mol. The van der Waals surface area contributed by atoms with Gasteiger partial charge in [-0.2, -0.15) is 0 Å². The highest BCUT2D eigenvalue weighted by Gasteiger charge is 2.30. The van der Waals surface area contributed by atoms with E-state index in [1.165, 1.54) is 6.92 Å². The number of aliphatic carboxylic acids is 2. The SMILES string of the molecule is CC(C)CC(NC(=O)C(C)NC(=O)C1CCCN1)C(=O)NC(CC(=O)O)C(=O)O. The molecule has 29 heavy (non-hydrogen) atoms. The molecule has 1 heterocycles. The minimum Gasteiger partial charge on any atom is -0.481 e. The maximum atomic E-state index is 12.5. The number of carbonyl (C=O) groups is 5. The van der Waals surface area contributed by atoms with Gasteiger partial charge in [-0.05, 0) is 38.6 Å². The summed E-state index contributed by atoms with van der Waals surface area (Å²) in [4.78, 5) is 59.0. The maximum absolute atomic E-state index is 12.5. The fraction of sp³-hybridized carbons (Fsp3) is 0.722. The first-order valence-electron chi connectivity index (χ1n) is 9.60. The van der Waals surface area contributed by atoms with Gasteiger partial charge in [-0.15, -0.1) is 0 Å². The van der Waals surface area contributed by atoms with Gasteiger partial charge in [-0.3, -0.25) is 19.2 Å². The monoisotopic (exact) mass is 414 g/mol. The molecule has 164 valence electrons. The first-order valence-corrected chi connectivity index (χ1v) is 9.60. The molecule has 1 aliphatic rings. The van der Waals surface area contributed by atoms with E-state index in [9.17, 15) is 24.0 Å². The first-order chi connectivity index (χ1) is 13.5. The highest BCUT2D eigenvalue weighted by atomic mass is 16.4. The number of hydrogen-bond acceptors (Lipinski definition) is 6. The molecule has 1 fully saturated rings. The van der Waals surface area contributed by atoms with Crippen molar-refractivity contribution in [2.45, 2.75) is 70.6 Å². The summed E-state index contributed by atoms with van der Waals surface area (Å²) in [5, 5.41) is 28.2. The molecule has 0 aromatic carbocycles. The lowest BCUT2D eigenvalue weighted by Crippen LogP contribution is -2.56. The lowest BCUT2D eigenvalue weighted by molar-refractivity contribution is -0.147. The van der Waals surface area contributed by atoms with E-state index < -0.39 is 48.3 Å². The van der Waals surface area contributed by atoms with E-state index in [1.807, 2.05) is 13.8 Å². The molecule has 1 rings (SSSR count). The van der Waals surface area contributed by atoms with Crippen molar-refractivity contribution in [3.05, 3.63) is 0 Å². The van der Waals surface area contributed by atoms with Crippen LogP contribution in [0.3, 0.4) is 0 Å². The maximum Gasteiger partial charge on any atom is 0.326 e. The molecule has 0 aromatic heterocycles. The highest BCUT2D eigenvalue weighted by Crippen LogP contribution is 2.08. The Morgan fingerprint density at radius 3 is 2.07 bits per heavy atom. The Labute approximate surface area is 169 Å². The molecular formula is C18H30N4O7. The largest absolute Gasteiger partial charge is 0.481 e.